The number of hydrogen-bond donors (Lipinski definition) is 0. The predicted octanol–water partition coefficient (Wildman–Crippen LogP) is 2.75. The van der Waals surface area contributed by atoms with Crippen molar-refractivity contribution in [1.82, 2.24) is 0 Å². The molecular weight excluding hydrogens is 250 g/mol. The quantitative estimate of drug-likeness (QED) is 0.328. The maximum Gasteiger partial charge on any atom is 0.339 e. The molecule has 1 aromatic carbocycles. The van der Waals surface area contributed by atoms with Crippen LogP contribution in [0.3, 0.4) is 0 Å². The zero-order valence-electron chi connectivity index (χ0n) is 11.0. The number of hydrogen-bond acceptors (Lipinski definition) is 5. The van der Waals surface area contributed by atoms with Gasteiger partial charge in [0.05, 0.1) is 23.7 Å². The van der Waals surface area contributed by atoms with E-state index in [-0.39, 0.29) is 23.6 Å². The van der Waals surface area contributed by atoms with Crippen LogP contribution in [0, 0.1) is 16.2 Å². The lowest BCUT2D eigenvalue weighted by molar-refractivity contribution is -0.385. The average Bonchev–Trinajstić information content (AvgIpc) is 2.39. The molecule has 0 atom stereocenters. The second kappa shape index (κ2) is 7.35. The molecule has 0 spiro atoms. The van der Waals surface area contributed by atoms with E-state index in [1.165, 1.54) is 6.07 Å². The van der Waals surface area contributed by atoms with Crippen molar-refractivity contribution in [1.29, 1.82) is 0 Å². The fourth-order valence-electron chi connectivity index (χ4n) is 1.38. The van der Waals surface area contributed by atoms with Crippen molar-refractivity contribution in [3.63, 3.8) is 0 Å². The first-order chi connectivity index (χ1) is 9.10. The number of nitro benzene ring substituents is 1. The van der Waals surface area contributed by atoms with Crippen LogP contribution in [0.5, 0.6) is 5.75 Å². The van der Waals surface area contributed by atoms with Gasteiger partial charge in [-0.05, 0) is 19.4 Å². The van der Waals surface area contributed by atoms with E-state index in [0.29, 0.717) is 6.61 Å². The number of carbonyl (C=O) groups is 1. The molecule has 0 aliphatic carbocycles. The van der Waals surface area contributed by atoms with Crippen LogP contribution < -0.4 is 4.74 Å². The summed E-state index contributed by atoms with van der Waals surface area (Å²) in [6.07, 6.45) is 1.73. The molecule has 0 aliphatic rings. The van der Waals surface area contributed by atoms with Crippen molar-refractivity contribution in [3.8, 4) is 5.75 Å². The fourth-order valence-corrected chi connectivity index (χ4v) is 1.38. The summed E-state index contributed by atoms with van der Waals surface area (Å²) in [6.45, 7) is 4.25. The number of carbonyl (C=O) groups excluding carboxylic acids is 1. The summed E-state index contributed by atoms with van der Waals surface area (Å²) in [4.78, 5) is 21.8. The molecule has 0 N–H and O–H groups in total. The SMILES string of the molecule is CCCCOc1c[c]c(C(=O)OCC)cc1[N+](=O)[O-]. The van der Waals surface area contributed by atoms with Gasteiger partial charge in [0.25, 0.3) is 0 Å². The molecular formula is C13H16NO5. The van der Waals surface area contributed by atoms with Crippen LogP contribution in [0.1, 0.15) is 37.0 Å². The first-order valence-corrected chi connectivity index (χ1v) is 6.10. The molecule has 0 aliphatic heterocycles. The van der Waals surface area contributed by atoms with E-state index >= 15 is 0 Å². The molecule has 103 valence electrons. The zero-order valence-corrected chi connectivity index (χ0v) is 11.0. The van der Waals surface area contributed by atoms with Gasteiger partial charge in [-0.2, -0.15) is 0 Å². The molecule has 1 rings (SSSR count). The van der Waals surface area contributed by atoms with E-state index in [2.05, 4.69) is 6.07 Å². The molecule has 0 amide bonds. The highest BCUT2D eigenvalue weighted by Crippen LogP contribution is 2.28. The maximum atomic E-state index is 11.5. The minimum atomic E-state index is -0.634. The van der Waals surface area contributed by atoms with Gasteiger partial charge < -0.3 is 9.47 Å². The molecule has 6 heteroatoms. The van der Waals surface area contributed by atoms with Crippen LogP contribution in [-0.4, -0.2) is 24.1 Å². The third kappa shape index (κ3) is 4.24. The monoisotopic (exact) mass is 266 g/mol. The molecule has 0 aromatic heterocycles. The van der Waals surface area contributed by atoms with Gasteiger partial charge in [0.15, 0.2) is 5.75 Å². The molecule has 0 unspecified atom stereocenters. The van der Waals surface area contributed by atoms with Gasteiger partial charge in [0.1, 0.15) is 0 Å². The van der Waals surface area contributed by atoms with Gasteiger partial charge in [0.2, 0.25) is 0 Å². The Morgan fingerprint density at radius 1 is 1.47 bits per heavy atom. The largest absolute Gasteiger partial charge is 0.487 e. The molecule has 6 nitrogen and oxygen atoms in total. The van der Waals surface area contributed by atoms with Crippen molar-refractivity contribution in [2.75, 3.05) is 13.2 Å². The van der Waals surface area contributed by atoms with E-state index in [1.54, 1.807) is 6.92 Å². The molecule has 0 fully saturated rings. The highest BCUT2D eigenvalue weighted by molar-refractivity contribution is 5.90. The Kier molecular flexibility index (Phi) is 5.78. The van der Waals surface area contributed by atoms with Crippen LogP contribution in [0.25, 0.3) is 0 Å². The van der Waals surface area contributed by atoms with Gasteiger partial charge >= 0.3 is 11.7 Å². The Morgan fingerprint density at radius 3 is 2.79 bits per heavy atom. The predicted molar refractivity (Wildman–Crippen MR) is 68.3 cm³/mol. The minimum Gasteiger partial charge on any atom is -0.487 e. The van der Waals surface area contributed by atoms with E-state index in [9.17, 15) is 14.9 Å². The van der Waals surface area contributed by atoms with Crippen molar-refractivity contribution < 1.29 is 19.2 Å². The highest BCUT2D eigenvalue weighted by atomic mass is 16.6. The number of ether oxygens (including phenoxy) is 2. The lowest BCUT2D eigenvalue weighted by Gasteiger charge is -2.07. The second-order valence-corrected chi connectivity index (χ2v) is 3.78. The molecule has 19 heavy (non-hydrogen) atoms. The maximum absolute atomic E-state index is 11.5. The third-order valence-electron chi connectivity index (χ3n) is 2.34. The number of benzene rings is 1. The summed E-state index contributed by atoms with van der Waals surface area (Å²) >= 11 is 0. The normalized spacial score (nSPS) is 10.0. The number of unbranched alkanes of at least 4 members (excludes halogenated alkanes) is 1. The first-order valence-electron chi connectivity index (χ1n) is 6.10. The van der Waals surface area contributed by atoms with Gasteiger partial charge in [-0.1, -0.05) is 13.3 Å². The van der Waals surface area contributed by atoms with Crippen molar-refractivity contribution in [2.24, 2.45) is 0 Å². The van der Waals surface area contributed by atoms with Crippen molar-refractivity contribution in [3.05, 3.63) is 33.9 Å². The Balaban J connectivity index is 2.94. The van der Waals surface area contributed by atoms with E-state index < -0.39 is 10.9 Å². The smallest absolute Gasteiger partial charge is 0.339 e. The van der Waals surface area contributed by atoms with Crippen LogP contribution in [0.2, 0.25) is 0 Å². The third-order valence-corrected chi connectivity index (χ3v) is 2.34. The first kappa shape index (κ1) is 14.9. The van der Waals surface area contributed by atoms with Crippen molar-refractivity contribution >= 4 is 11.7 Å². The van der Waals surface area contributed by atoms with E-state index in [1.807, 2.05) is 6.92 Å². The molecule has 0 bridgehead atoms. The number of nitrogens with zero attached hydrogens (tertiary/aromatic N) is 1. The van der Waals surface area contributed by atoms with Gasteiger partial charge in [0, 0.05) is 12.1 Å². The second-order valence-electron chi connectivity index (χ2n) is 3.78. The summed E-state index contributed by atoms with van der Waals surface area (Å²) in [7, 11) is 0. The molecule has 0 heterocycles. The van der Waals surface area contributed by atoms with Gasteiger partial charge in [-0.3, -0.25) is 10.1 Å². The topological polar surface area (TPSA) is 78.7 Å². The Bertz CT molecular complexity index is 458. The molecule has 1 aromatic rings. The van der Waals surface area contributed by atoms with E-state index in [4.69, 9.17) is 9.47 Å². The van der Waals surface area contributed by atoms with Gasteiger partial charge in [-0.25, -0.2) is 4.79 Å². The summed E-state index contributed by atoms with van der Waals surface area (Å²) in [6, 6.07) is 5.07. The van der Waals surface area contributed by atoms with Crippen LogP contribution in [-0.2, 0) is 4.74 Å². The molecule has 0 saturated heterocycles. The van der Waals surface area contributed by atoms with Gasteiger partial charge in [-0.15, -0.1) is 0 Å². The summed E-state index contributed by atoms with van der Waals surface area (Å²) in [5.74, 6) is -0.516. The number of nitro groups is 1. The number of esters is 1. The van der Waals surface area contributed by atoms with E-state index in [0.717, 1.165) is 18.9 Å². The fraction of sp³-hybridized carbons (Fsp3) is 0.462. The number of rotatable bonds is 7. The zero-order chi connectivity index (χ0) is 14.3. The summed E-state index contributed by atoms with van der Waals surface area (Å²) in [5, 5.41) is 10.9. The lowest BCUT2D eigenvalue weighted by atomic mass is 10.2. The summed E-state index contributed by atoms with van der Waals surface area (Å²) in [5.41, 5.74) is -0.228. The summed E-state index contributed by atoms with van der Waals surface area (Å²) < 4.78 is 10.1. The Labute approximate surface area is 111 Å². The van der Waals surface area contributed by atoms with Crippen molar-refractivity contribution in [2.45, 2.75) is 26.7 Å². The Hall–Kier alpha value is -2.11. The van der Waals surface area contributed by atoms with Crippen LogP contribution >= 0.6 is 0 Å². The molecule has 1 radical (unpaired) electrons. The van der Waals surface area contributed by atoms with Crippen LogP contribution in [0.4, 0.5) is 5.69 Å². The van der Waals surface area contributed by atoms with Crippen LogP contribution in [0.15, 0.2) is 12.1 Å². The minimum absolute atomic E-state index is 0.0244. The molecule has 0 saturated carbocycles. The lowest BCUT2D eigenvalue weighted by Crippen LogP contribution is -2.07. The Morgan fingerprint density at radius 2 is 2.21 bits per heavy atom. The standard InChI is InChI=1S/C13H16NO5/c1-3-5-8-19-12-7-6-10(13(15)18-4-2)9-11(12)14(16)17/h7,9H,3-5,8H2,1-2H3. The highest BCUT2D eigenvalue weighted by Gasteiger charge is 2.19. The average molecular weight is 266 g/mol.